The van der Waals surface area contributed by atoms with Gasteiger partial charge in [-0.25, -0.2) is 27.0 Å². The average molecular weight is 560 g/mol. The van der Waals surface area contributed by atoms with Crippen LogP contribution >= 0.6 is 22.9 Å². The number of nitrogens with zero attached hydrogens (tertiary/aromatic N) is 2. The van der Waals surface area contributed by atoms with Crippen molar-refractivity contribution in [3.63, 3.8) is 0 Å². The number of ether oxygens (including phenoxy) is 2. The van der Waals surface area contributed by atoms with Crippen LogP contribution in [0.25, 0.3) is 0 Å². The van der Waals surface area contributed by atoms with Crippen molar-refractivity contribution in [1.82, 2.24) is 4.98 Å². The number of amides is 1. The molecule has 1 N–H and O–H groups in total. The lowest BCUT2D eigenvalue weighted by atomic mass is 10.1. The van der Waals surface area contributed by atoms with E-state index in [4.69, 9.17) is 21.1 Å². The summed E-state index contributed by atoms with van der Waals surface area (Å²) in [5.74, 6) is -1.55. The molecule has 0 bridgehead atoms. The number of hydrogen-bond donors (Lipinski definition) is 1. The monoisotopic (exact) mass is 559 g/mol. The smallest absolute Gasteiger partial charge is 0.430 e. The third kappa shape index (κ3) is 6.05. The molecule has 194 valence electrons. The van der Waals surface area contributed by atoms with Crippen LogP contribution in [0.1, 0.15) is 39.3 Å². The predicted molar refractivity (Wildman–Crippen MR) is 134 cm³/mol. The van der Waals surface area contributed by atoms with E-state index in [0.29, 0.717) is 5.75 Å². The number of rotatable bonds is 7. The molecule has 0 saturated carbocycles. The summed E-state index contributed by atoms with van der Waals surface area (Å²) in [7, 11) is -3.39. The minimum absolute atomic E-state index is 0.0142. The number of sulfonamides is 1. The first-order valence-corrected chi connectivity index (χ1v) is 13.3. The Balaban J connectivity index is 1.99. The standard InChI is InChI=1S/C23H24ClF2N3O5S2/c1-13(15-8-14(33-5)6-7-17(15)25)28-19-10-18(26)20(9-16(19)24)36(31,32)29(21-11-35-12-27-21)22(30)34-23(2,3)4/h6-13,28H,1-5H3/t13-/m0/s1. The summed E-state index contributed by atoms with van der Waals surface area (Å²) in [4.78, 5) is 15.8. The number of methoxy groups -OCH3 is 1. The largest absolute Gasteiger partial charge is 0.497 e. The summed E-state index contributed by atoms with van der Waals surface area (Å²) in [6.07, 6.45) is -1.26. The number of halogens is 3. The minimum Gasteiger partial charge on any atom is -0.497 e. The van der Waals surface area contributed by atoms with E-state index >= 15 is 4.39 Å². The van der Waals surface area contributed by atoms with Crippen LogP contribution in [0.15, 0.2) is 46.1 Å². The number of anilines is 2. The molecule has 0 saturated heterocycles. The molecule has 3 rings (SSSR count). The summed E-state index contributed by atoms with van der Waals surface area (Å²) < 4.78 is 67.0. The molecule has 3 aromatic rings. The maximum Gasteiger partial charge on any atom is 0.430 e. The van der Waals surface area contributed by atoms with E-state index in [-0.39, 0.29) is 26.4 Å². The van der Waals surface area contributed by atoms with E-state index < -0.39 is 44.3 Å². The van der Waals surface area contributed by atoms with Gasteiger partial charge in [-0.2, -0.15) is 0 Å². The molecule has 1 amide bonds. The van der Waals surface area contributed by atoms with Crippen molar-refractivity contribution in [3.05, 3.63) is 63.4 Å². The Morgan fingerprint density at radius 1 is 1.19 bits per heavy atom. The van der Waals surface area contributed by atoms with E-state index in [1.54, 1.807) is 27.7 Å². The van der Waals surface area contributed by atoms with Gasteiger partial charge in [0.1, 0.15) is 27.9 Å². The van der Waals surface area contributed by atoms with Crippen molar-refractivity contribution in [3.8, 4) is 5.75 Å². The number of hydrogen-bond acceptors (Lipinski definition) is 8. The molecule has 0 aliphatic heterocycles. The first-order valence-electron chi connectivity index (χ1n) is 10.5. The summed E-state index contributed by atoms with van der Waals surface area (Å²) in [5.41, 5.74) is 0.524. The van der Waals surface area contributed by atoms with Gasteiger partial charge < -0.3 is 14.8 Å². The van der Waals surface area contributed by atoms with Crippen molar-refractivity contribution in [2.45, 2.75) is 44.2 Å². The highest BCUT2D eigenvalue weighted by Gasteiger charge is 2.38. The Morgan fingerprint density at radius 2 is 1.89 bits per heavy atom. The van der Waals surface area contributed by atoms with Crippen LogP contribution in [-0.4, -0.2) is 32.2 Å². The van der Waals surface area contributed by atoms with Crippen molar-refractivity contribution in [1.29, 1.82) is 0 Å². The molecule has 0 fully saturated rings. The Kier molecular flexibility index (Phi) is 8.11. The lowest BCUT2D eigenvalue weighted by molar-refractivity contribution is 0.0608. The molecule has 0 unspecified atom stereocenters. The molecule has 0 aliphatic carbocycles. The van der Waals surface area contributed by atoms with Crippen molar-refractivity contribution >= 4 is 50.6 Å². The first kappa shape index (κ1) is 27.6. The molecule has 0 spiro atoms. The van der Waals surface area contributed by atoms with Gasteiger partial charge in [0.25, 0.3) is 10.0 Å². The number of carbonyl (C=O) groups excluding carboxylic acids is 1. The van der Waals surface area contributed by atoms with Crippen LogP contribution in [-0.2, 0) is 14.8 Å². The van der Waals surface area contributed by atoms with Crippen LogP contribution in [0.2, 0.25) is 5.02 Å². The molecule has 1 aromatic heterocycles. The van der Waals surface area contributed by atoms with Gasteiger partial charge >= 0.3 is 6.09 Å². The second-order valence-corrected chi connectivity index (χ2v) is 11.5. The molecular formula is C23H24ClF2N3O5S2. The third-order valence-corrected chi connectivity index (χ3v) is 7.34. The quantitative estimate of drug-likeness (QED) is 0.358. The summed E-state index contributed by atoms with van der Waals surface area (Å²) >= 11 is 7.33. The van der Waals surface area contributed by atoms with Crippen molar-refractivity contribution < 1.29 is 31.5 Å². The Bertz CT molecular complexity index is 1360. The zero-order valence-electron chi connectivity index (χ0n) is 20.0. The van der Waals surface area contributed by atoms with Crippen LogP contribution in [0.3, 0.4) is 0 Å². The Hall–Kier alpha value is -2.96. The fraction of sp³-hybridized carbons (Fsp3) is 0.304. The second kappa shape index (κ2) is 10.6. The number of nitrogens with one attached hydrogen (secondary N) is 1. The van der Waals surface area contributed by atoms with E-state index in [0.717, 1.165) is 23.5 Å². The Labute approximate surface area is 216 Å². The van der Waals surface area contributed by atoms with E-state index in [1.807, 2.05) is 0 Å². The van der Waals surface area contributed by atoms with Gasteiger partial charge in [-0.05, 0) is 58.0 Å². The van der Waals surface area contributed by atoms with Gasteiger partial charge in [0, 0.05) is 10.9 Å². The topological polar surface area (TPSA) is 97.8 Å². The normalized spacial score (nSPS) is 12.7. The van der Waals surface area contributed by atoms with Gasteiger partial charge in [-0.3, -0.25) is 0 Å². The second-order valence-electron chi connectivity index (χ2n) is 8.61. The van der Waals surface area contributed by atoms with Crippen molar-refractivity contribution in [2.24, 2.45) is 0 Å². The van der Waals surface area contributed by atoms with E-state index in [2.05, 4.69) is 10.3 Å². The molecule has 2 aromatic carbocycles. The molecule has 1 heterocycles. The molecule has 1 atom stereocenters. The molecule has 36 heavy (non-hydrogen) atoms. The highest BCUT2D eigenvalue weighted by atomic mass is 35.5. The number of carbonyl (C=O) groups is 1. The van der Waals surface area contributed by atoms with Gasteiger partial charge in [0.2, 0.25) is 0 Å². The summed E-state index contributed by atoms with van der Waals surface area (Å²) in [6, 6.07) is 5.20. The molecular weight excluding hydrogens is 536 g/mol. The summed E-state index contributed by atoms with van der Waals surface area (Å²) in [6.45, 7) is 6.28. The number of thiazole rings is 1. The van der Waals surface area contributed by atoms with Gasteiger partial charge in [-0.15, -0.1) is 15.6 Å². The fourth-order valence-corrected chi connectivity index (χ4v) is 5.37. The maximum absolute atomic E-state index is 15.2. The molecule has 13 heteroatoms. The van der Waals surface area contributed by atoms with Gasteiger partial charge in [0.05, 0.1) is 29.4 Å². The zero-order valence-corrected chi connectivity index (χ0v) is 22.4. The SMILES string of the molecule is COc1ccc(F)c([C@H](C)Nc2cc(F)c(S(=O)(=O)N(C(=O)OC(C)(C)C)c3cscn3)cc2Cl)c1. The highest BCUT2D eigenvalue weighted by Crippen LogP contribution is 2.35. The van der Waals surface area contributed by atoms with E-state index in [9.17, 15) is 17.6 Å². The highest BCUT2D eigenvalue weighted by molar-refractivity contribution is 7.93. The lowest BCUT2D eigenvalue weighted by Crippen LogP contribution is -2.41. The Morgan fingerprint density at radius 3 is 2.47 bits per heavy atom. The number of aromatic nitrogens is 1. The van der Waals surface area contributed by atoms with E-state index in [1.165, 1.54) is 36.2 Å². The van der Waals surface area contributed by atoms with Crippen LogP contribution < -0.4 is 14.4 Å². The van der Waals surface area contributed by atoms with Crippen molar-refractivity contribution in [2.75, 3.05) is 16.7 Å². The zero-order chi connectivity index (χ0) is 26.8. The molecule has 8 nitrogen and oxygen atoms in total. The third-order valence-electron chi connectivity index (χ3n) is 4.77. The predicted octanol–water partition coefficient (Wildman–Crippen LogP) is 6.39. The fourth-order valence-electron chi connectivity index (χ4n) is 3.15. The van der Waals surface area contributed by atoms with Gasteiger partial charge in [0.15, 0.2) is 5.82 Å². The maximum atomic E-state index is 15.2. The van der Waals surface area contributed by atoms with Crippen LogP contribution in [0, 0.1) is 11.6 Å². The molecule has 0 radical (unpaired) electrons. The number of benzene rings is 2. The summed E-state index contributed by atoms with van der Waals surface area (Å²) in [5, 5.41) is 4.00. The van der Waals surface area contributed by atoms with Gasteiger partial charge in [-0.1, -0.05) is 11.6 Å². The lowest BCUT2D eigenvalue weighted by Gasteiger charge is -2.26. The van der Waals surface area contributed by atoms with Crippen LogP contribution in [0.4, 0.5) is 25.1 Å². The minimum atomic E-state index is -4.82. The first-order chi connectivity index (χ1) is 16.7. The average Bonchev–Trinajstić information content (AvgIpc) is 3.28. The molecule has 0 aliphatic rings. The van der Waals surface area contributed by atoms with Crippen LogP contribution in [0.5, 0.6) is 5.75 Å².